The van der Waals surface area contributed by atoms with E-state index >= 15 is 0 Å². The second-order valence-corrected chi connectivity index (χ2v) is 5.90. The number of aryl methyl sites for hydroxylation is 2. The van der Waals surface area contributed by atoms with Gasteiger partial charge in [0.25, 0.3) is 0 Å². The molecule has 3 rings (SSSR count). The van der Waals surface area contributed by atoms with Crippen LogP contribution in [-0.4, -0.2) is 9.97 Å². The summed E-state index contributed by atoms with van der Waals surface area (Å²) in [5, 5.41) is 0.980. The van der Waals surface area contributed by atoms with Gasteiger partial charge in [-0.05, 0) is 29.5 Å². The second-order valence-electron chi connectivity index (χ2n) is 4.94. The van der Waals surface area contributed by atoms with Crippen LogP contribution in [0.25, 0.3) is 0 Å². The molecule has 0 saturated heterocycles. The van der Waals surface area contributed by atoms with Crippen LogP contribution in [0, 0.1) is 0 Å². The van der Waals surface area contributed by atoms with E-state index in [1.807, 2.05) is 6.20 Å². The predicted molar refractivity (Wildman–Crippen MR) is 88.4 cm³/mol. The van der Waals surface area contributed by atoms with Gasteiger partial charge in [-0.3, -0.25) is 0 Å². The molecule has 106 valence electrons. The van der Waals surface area contributed by atoms with Gasteiger partial charge in [-0.15, -0.1) is 0 Å². The third-order valence-electron chi connectivity index (χ3n) is 3.48. The van der Waals surface area contributed by atoms with Crippen LogP contribution in [0.2, 0.25) is 0 Å². The number of imidazole rings is 1. The van der Waals surface area contributed by atoms with E-state index in [0.717, 1.165) is 23.8 Å². The molecule has 0 unspecified atom stereocenters. The topological polar surface area (TPSA) is 28.7 Å². The lowest BCUT2D eigenvalue weighted by atomic mass is 10.0. The fourth-order valence-corrected chi connectivity index (χ4v) is 3.20. The van der Waals surface area contributed by atoms with Gasteiger partial charge in [0.1, 0.15) is 0 Å². The second kappa shape index (κ2) is 7.14. The first-order chi connectivity index (χ1) is 10.4. The van der Waals surface area contributed by atoms with Gasteiger partial charge in [0, 0.05) is 18.1 Å². The molecule has 0 aliphatic carbocycles. The Morgan fingerprint density at radius 1 is 0.857 bits per heavy atom. The number of benzene rings is 2. The third-order valence-corrected chi connectivity index (χ3v) is 4.43. The van der Waals surface area contributed by atoms with E-state index in [0.29, 0.717) is 0 Å². The number of H-pyrrole nitrogens is 1. The van der Waals surface area contributed by atoms with Crippen LogP contribution in [0.5, 0.6) is 0 Å². The molecule has 1 aromatic heterocycles. The highest BCUT2D eigenvalue weighted by Crippen LogP contribution is 2.22. The van der Waals surface area contributed by atoms with E-state index in [9.17, 15) is 0 Å². The summed E-state index contributed by atoms with van der Waals surface area (Å²) >= 11 is 1.75. The highest BCUT2D eigenvalue weighted by molar-refractivity contribution is 7.98. The molecule has 0 bridgehead atoms. The van der Waals surface area contributed by atoms with E-state index in [1.165, 1.54) is 16.7 Å². The normalized spacial score (nSPS) is 10.7. The van der Waals surface area contributed by atoms with Crippen LogP contribution >= 0.6 is 11.8 Å². The van der Waals surface area contributed by atoms with Gasteiger partial charge in [-0.25, -0.2) is 4.98 Å². The summed E-state index contributed by atoms with van der Waals surface area (Å²) in [4.78, 5) is 7.40. The van der Waals surface area contributed by atoms with Crippen LogP contribution in [-0.2, 0) is 18.6 Å². The molecule has 1 heterocycles. The van der Waals surface area contributed by atoms with Crippen molar-refractivity contribution in [3.05, 3.63) is 83.7 Å². The first-order valence-electron chi connectivity index (χ1n) is 7.15. The summed E-state index contributed by atoms with van der Waals surface area (Å²) in [6.07, 6.45) is 5.83. The van der Waals surface area contributed by atoms with Gasteiger partial charge in [0.05, 0.1) is 0 Å². The number of hydrogen-bond acceptors (Lipinski definition) is 2. The molecule has 0 fully saturated rings. The fraction of sp³-hybridized carbons (Fsp3) is 0.167. The number of thioether (sulfide) groups is 1. The van der Waals surface area contributed by atoms with E-state index in [2.05, 4.69) is 64.6 Å². The Morgan fingerprint density at radius 2 is 1.62 bits per heavy atom. The molecular formula is C18H18N2S. The van der Waals surface area contributed by atoms with Gasteiger partial charge in [0.15, 0.2) is 5.16 Å². The van der Waals surface area contributed by atoms with Crippen LogP contribution in [0.3, 0.4) is 0 Å². The van der Waals surface area contributed by atoms with Crippen molar-refractivity contribution in [2.24, 2.45) is 0 Å². The Bertz CT molecular complexity index is 663. The Balaban J connectivity index is 1.64. The van der Waals surface area contributed by atoms with Gasteiger partial charge < -0.3 is 4.98 Å². The maximum atomic E-state index is 4.26. The average Bonchev–Trinajstić information content (AvgIpc) is 3.06. The molecule has 21 heavy (non-hydrogen) atoms. The Hall–Kier alpha value is -2.00. The summed E-state index contributed by atoms with van der Waals surface area (Å²) < 4.78 is 0. The van der Waals surface area contributed by atoms with E-state index in [1.54, 1.807) is 18.0 Å². The first kappa shape index (κ1) is 14.0. The molecule has 0 aliphatic heterocycles. The van der Waals surface area contributed by atoms with Crippen LogP contribution < -0.4 is 0 Å². The number of hydrogen-bond donors (Lipinski definition) is 1. The summed E-state index contributed by atoms with van der Waals surface area (Å²) in [5.74, 6) is 0.957. The lowest BCUT2D eigenvalue weighted by molar-refractivity contribution is 0.946. The zero-order valence-corrected chi connectivity index (χ0v) is 12.6. The number of aromatic nitrogens is 2. The molecule has 0 amide bonds. The van der Waals surface area contributed by atoms with Crippen LogP contribution in [0.4, 0.5) is 0 Å². The van der Waals surface area contributed by atoms with Crippen LogP contribution in [0.1, 0.15) is 16.7 Å². The highest BCUT2D eigenvalue weighted by Gasteiger charge is 2.04. The molecule has 0 aliphatic rings. The Labute approximate surface area is 129 Å². The molecular weight excluding hydrogens is 276 g/mol. The van der Waals surface area contributed by atoms with Gasteiger partial charge in [-0.2, -0.15) is 0 Å². The molecule has 2 aromatic carbocycles. The van der Waals surface area contributed by atoms with Crippen molar-refractivity contribution in [1.82, 2.24) is 9.97 Å². The van der Waals surface area contributed by atoms with Crippen molar-refractivity contribution in [1.29, 1.82) is 0 Å². The van der Waals surface area contributed by atoms with Crippen molar-refractivity contribution in [2.75, 3.05) is 0 Å². The average molecular weight is 294 g/mol. The summed E-state index contributed by atoms with van der Waals surface area (Å²) in [6, 6.07) is 19.4. The molecule has 3 heteroatoms. The predicted octanol–water partition coefficient (Wildman–Crippen LogP) is 4.49. The summed E-state index contributed by atoms with van der Waals surface area (Å²) in [7, 11) is 0. The lowest BCUT2D eigenvalue weighted by Crippen LogP contribution is -1.96. The maximum Gasteiger partial charge on any atom is 0.165 e. The van der Waals surface area contributed by atoms with Gasteiger partial charge in [0.2, 0.25) is 0 Å². The SMILES string of the molecule is c1ccc(CCc2ccccc2CSc2ncc[nH]2)cc1. The van der Waals surface area contributed by atoms with Crippen molar-refractivity contribution in [3.8, 4) is 0 Å². The number of nitrogens with zero attached hydrogens (tertiary/aromatic N) is 1. The molecule has 0 spiro atoms. The fourth-order valence-electron chi connectivity index (χ4n) is 2.34. The van der Waals surface area contributed by atoms with Crippen molar-refractivity contribution < 1.29 is 0 Å². The Kier molecular flexibility index (Phi) is 4.74. The Morgan fingerprint density at radius 3 is 2.38 bits per heavy atom. The molecule has 0 atom stereocenters. The van der Waals surface area contributed by atoms with E-state index in [-0.39, 0.29) is 0 Å². The lowest BCUT2D eigenvalue weighted by Gasteiger charge is -2.09. The largest absolute Gasteiger partial charge is 0.340 e. The molecule has 0 radical (unpaired) electrons. The minimum atomic E-state index is 0.957. The zero-order chi connectivity index (χ0) is 14.3. The summed E-state index contributed by atoms with van der Waals surface area (Å²) in [6.45, 7) is 0. The standard InChI is InChI=1S/C18H18N2S/c1-2-6-15(7-3-1)10-11-16-8-4-5-9-17(16)14-21-18-19-12-13-20-18/h1-9,12-13H,10-11,14H2,(H,19,20). The van der Waals surface area contributed by atoms with Crippen LogP contribution in [0.15, 0.2) is 72.1 Å². The van der Waals surface area contributed by atoms with Gasteiger partial charge >= 0.3 is 0 Å². The molecule has 0 saturated carbocycles. The quantitative estimate of drug-likeness (QED) is 0.679. The molecule has 3 aromatic rings. The van der Waals surface area contributed by atoms with E-state index in [4.69, 9.17) is 0 Å². The van der Waals surface area contributed by atoms with Crippen molar-refractivity contribution in [3.63, 3.8) is 0 Å². The van der Waals surface area contributed by atoms with Crippen molar-refractivity contribution >= 4 is 11.8 Å². The molecule has 1 N–H and O–H groups in total. The molecule has 2 nitrogen and oxygen atoms in total. The number of rotatable bonds is 6. The number of nitrogens with one attached hydrogen (secondary N) is 1. The highest BCUT2D eigenvalue weighted by atomic mass is 32.2. The minimum absolute atomic E-state index is 0.957. The smallest absolute Gasteiger partial charge is 0.165 e. The number of aromatic amines is 1. The minimum Gasteiger partial charge on any atom is -0.340 e. The maximum absolute atomic E-state index is 4.26. The third kappa shape index (κ3) is 3.99. The first-order valence-corrected chi connectivity index (χ1v) is 8.13. The van der Waals surface area contributed by atoms with Crippen molar-refractivity contribution in [2.45, 2.75) is 23.8 Å². The monoisotopic (exact) mass is 294 g/mol. The zero-order valence-electron chi connectivity index (χ0n) is 11.8. The van der Waals surface area contributed by atoms with E-state index < -0.39 is 0 Å². The van der Waals surface area contributed by atoms with Gasteiger partial charge in [-0.1, -0.05) is 66.4 Å². The summed E-state index contributed by atoms with van der Waals surface area (Å²) in [5.41, 5.74) is 4.22.